The number of aliphatic hydroxyl groups is 1. The van der Waals surface area contributed by atoms with Crippen LogP contribution < -0.4 is 5.32 Å². The van der Waals surface area contributed by atoms with Gasteiger partial charge in [0.05, 0.1) is 16.9 Å². The van der Waals surface area contributed by atoms with Crippen LogP contribution in [0.4, 0.5) is 24.5 Å². The number of para-hydroxylation sites is 1. The number of benzene rings is 2. The lowest BCUT2D eigenvalue weighted by Gasteiger charge is -2.25. The summed E-state index contributed by atoms with van der Waals surface area (Å²) < 4.78 is 39.7. The number of anilines is 2. The van der Waals surface area contributed by atoms with Crippen molar-refractivity contribution in [2.45, 2.75) is 28.8 Å². The van der Waals surface area contributed by atoms with Crippen LogP contribution in [0, 0.1) is 0 Å². The summed E-state index contributed by atoms with van der Waals surface area (Å²) >= 11 is 1.46. The Kier molecular flexibility index (Phi) is 4.06. The van der Waals surface area contributed by atoms with Gasteiger partial charge in [-0.2, -0.15) is 13.2 Å². The lowest BCUT2D eigenvalue weighted by atomic mass is 9.99. The molecule has 0 saturated heterocycles. The fraction of sp³-hybridized carbons (Fsp3) is 0.250. The minimum Gasteiger partial charge on any atom is -0.396 e. The smallest absolute Gasteiger partial charge is 0.396 e. The molecule has 0 aliphatic carbocycles. The van der Waals surface area contributed by atoms with E-state index >= 15 is 0 Å². The van der Waals surface area contributed by atoms with Crippen molar-refractivity contribution in [3.8, 4) is 0 Å². The Labute approximate surface area is 130 Å². The van der Waals surface area contributed by atoms with Gasteiger partial charge in [-0.3, -0.25) is 0 Å². The summed E-state index contributed by atoms with van der Waals surface area (Å²) in [5.74, 6) is 0. The minimum absolute atomic E-state index is 0.134. The minimum atomic E-state index is -4.40. The van der Waals surface area contributed by atoms with Crippen LogP contribution >= 0.6 is 11.8 Å². The molecule has 22 heavy (non-hydrogen) atoms. The normalized spacial score (nSPS) is 13.3. The maximum absolute atomic E-state index is 13.2. The zero-order chi connectivity index (χ0) is 15.7. The maximum Gasteiger partial charge on any atom is 0.416 e. The van der Waals surface area contributed by atoms with E-state index in [2.05, 4.69) is 5.32 Å². The summed E-state index contributed by atoms with van der Waals surface area (Å²) in [6.07, 6.45) is -3.92. The number of hydrogen-bond donors (Lipinski definition) is 2. The number of fused-ring (bicyclic) bond motifs is 2. The first-order valence-electron chi connectivity index (χ1n) is 6.88. The molecule has 6 heteroatoms. The molecule has 2 aromatic rings. The fourth-order valence-electron chi connectivity index (χ4n) is 2.54. The Morgan fingerprint density at radius 1 is 1.05 bits per heavy atom. The summed E-state index contributed by atoms with van der Waals surface area (Å²) in [6, 6.07) is 10.2. The van der Waals surface area contributed by atoms with Gasteiger partial charge < -0.3 is 10.4 Å². The Morgan fingerprint density at radius 3 is 2.55 bits per heavy atom. The molecule has 116 valence electrons. The van der Waals surface area contributed by atoms with Gasteiger partial charge in [0.2, 0.25) is 0 Å². The summed E-state index contributed by atoms with van der Waals surface area (Å²) in [7, 11) is 0. The molecular formula is C16H14F3NOS. The molecule has 0 saturated carbocycles. The van der Waals surface area contributed by atoms with E-state index in [0.717, 1.165) is 21.5 Å². The van der Waals surface area contributed by atoms with E-state index in [9.17, 15) is 13.2 Å². The first-order valence-corrected chi connectivity index (χ1v) is 7.70. The highest BCUT2D eigenvalue weighted by atomic mass is 32.2. The van der Waals surface area contributed by atoms with Crippen molar-refractivity contribution in [3.05, 3.63) is 47.5 Å². The van der Waals surface area contributed by atoms with E-state index in [1.165, 1.54) is 17.8 Å². The van der Waals surface area contributed by atoms with Gasteiger partial charge in [0.25, 0.3) is 0 Å². The Hall–Kier alpha value is -1.66. The maximum atomic E-state index is 13.2. The lowest BCUT2D eigenvalue weighted by molar-refractivity contribution is -0.138. The van der Waals surface area contributed by atoms with Gasteiger partial charge in [0.15, 0.2) is 0 Å². The largest absolute Gasteiger partial charge is 0.416 e. The van der Waals surface area contributed by atoms with Gasteiger partial charge in [-0.1, -0.05) is 23.9 Å². The van der Waals surface area contributed by atoms with Gasteiger partial charge in [-0.15, -0.1) is 0 Å². The summed E-state index contributed by atoms with van der Waals surface area (Å²) in [6.45, 7) is -0.134. The van der Waals surface area contributed by atoms with E-state index in [0.29, 0.717) is 12.1 Å². The monoisotopic (exact) mass is 325 g/mol. The highest BCUT2D eigenvalue weighted by Crippen LogP contribution is 2.48. The summed E-state index contributed by atoms with van der Waals surface area (Å²) in [5, 5.41) is 12.1. The molecule has 2 N–H and O–H groups in total. The van der Waals surface area contributed by atoms with Gasteiger partial charge in [0.1, 0.15) is 0 Å². The second kappa shape index (κ2) is 5.85. The van der Waals surface area contributed by atoms with Crippen molar-refractivity contribution in [1.29, 1.82) is 0 Å². The molecular weight excluding hydrogens is 311 g/mol. The first-order chi connectivity index (χ1) is 10.5. The number of nitrogens with one attached hydrogen (secondary N) is 1. The van der Waals surface area contributed by atoms with Gasteiger partial charge in [-0.25, -0.2) is 0 Å². The van der Waals surface area contributed by atoms with Crippen LogP contribution in [-0.2, 0) is 12.6 Å². The van der Waals surface area contributed by atoms with E-state index in [1.807, 2.05) is 24.3 Å². The zero-order valence-electron chi connectivity index (χ0n) is 11.6. The average molecular weight is 325 g/mol. The summed E-state index contributed by atoms with van der Waals surface area (Å²) in [5.41, 5.74) is 0.907. The molecule has 0 spiro atoms. The van der Waals surface area contributed by atoms with Crippen LogP contribution in [0.1, 0.15) is 17.5 Å². The van der Waals surface area contributed by atoms with Crippen LogP contribution in [0.25, 0.3) is 0 Å². The average Bonchev–Trinajstić information content (AvgIpc) is 2.49. The number of hydrogen-bond acceptors (Lipinski definition) is 3. The Balaban J connectivity index is 2.10. The molecule has 2 nitrogen and oxygen atoms in total. The highest BCUT2D eigenvalue weighted by Gasteiger charge is 2.35. The van der Waals surface area contributed by atoms with Crippen molar-refractivity contribution in [2.75, 3.05) is 11.9 Å². The molecule has 1 aliphatic heterocycles. The molecule has 0 radical (unpaired) electrons. The molecule has 1 aliphatic rings. The van der Waals surface area contributed by atoms with Gasteiger partial charge in [0, 0.05) is 16.4 Å². The van der Waals surface area contributed by atoms with E-state index in [-0.39, 0.29) is 18.6 Å². The van der Waals surface area contributed by atoms with Crippen molar-refractivity contribution in [3.63, 3.8) is 0 Å². The van der Waals surface area contributed by atoms with Crippen LogP contribution in [0.2, 0.25) is 0 Å². The third-order valence-electron chi connectivity index (χ3n) is 3.53. The fourth-order valence-corrected chi connectivity index (χ4v) is 3.57. The van der Waals surface area contributed by atoms with E-state index in [4.69, 9.17) is 5.11 Å². The van der Waals surface area contributed by atoms with Gasteiger partial charge in [-0.05, 0) is 42.7 Å². The molecule has 3 rings (SSSR count). The van der Waals surface area contributed by atoms with Crippen molar-refractivity contribution in [2.24, 2.45) is 0 Å². The predicted octanol–water partition coefficient (Wildman–Crippen LogP) is 4.84. The Morgan fingerprint density at radius 2 is 1.82 bits per heavy atom. The quantitative estimate of drug-likeness (QED) is 0.723. The molecule has 0 unspecified atom stereocenters. The predicted molar refractivity (Wildman–Crippen MR) is 80.7 cm³/mol. The van der Waals surface area contributed by atoms with Crippen LogP contribution in [-0.4, -0.2) is 11.7 Å². The summed E-state index contributed by atoms with van der Waals surface area (Å²) in [4.78, 5) is 1.77. The van der Waals surface area contributed by atoms with Gasteiger partial charge >= 0.3 is 6.18 Å². The third kappa shape index (κ3) is 2.80. The molecule has 0 amide bonds. The molecule has 2 aromatic carbocycles. The molecule has 1 heterocycles. The Bertz CT molecular complexity index is 700. The van der Waals surface area contributed by atoms with E-state index in [1.54, 1.807) is 0 Å². The first kappa shape index (κ1) is 15.2. The number of alkyl halides is 3. The van der Waals surface area contributed by atoms with Crippen molar-refractivity contribution < 1.29 is 18.3 Å². The lowest BCUT2D eigenvalue weighted by Crippen LogP contribution is -2.13. The SMILES string of the molecule is OCCCc1c(C(F)(F)F)ccc2c1Nc1ccccc1S2. The number of rotatable bonds is 3. The van der Waals surface area contributed by atoms with Crippen LogP contribution in [0.5, 0.6) is 0 Å². The van der Waals surface area contributed by atoms with Crippen molar-refractivity contribution in [1.82, 2.24) is 0 Å². The molecule has 0 bridgehead atoms. The number of halogens is 3. The van der Waals surface area contributed by atoms with Crippen molar-refractivity contribution >= 4 is 23.1 Å². The topological polar surface area (TPSA) is 32.3 Å². The standard InChI is InChI=1S/C16H14F3NOS/c17-16(18,19)11-7-8-14-15(10(11)4-3-9-21)20-12-5-1-2-6-13(12)22-14/h1-2,5-8,20-21H,3-4,9H2. The molecule has 0 atom stereocenters. The van der Waals surface area contributed by atoms with Crippen LogP contribution in [0.3, 0.4) is 0 Å². The molecule has 0 fully saturated rings. The number of aliphatic hydroxyl groups excluding tert-OH is 1. The zero-order valence-corrected chi connectivity index (χ0v) is 12.4. The highest BCUT2D eigenvalue weighted by molar-refractivity contribution is 7.99. The van der Waals surface area contributed by atoms with E-state index < -0.39 is 11.7 Å². The van der Waals surface area contributed by atoms with Crippen LogP contribution in [0.15, 0.2) is 46.2 Å². The third-order valence-corrected chi connectivity index (χ3v) is 4.67. The second-order valence-corrected chi connectivity index (χ2v) is 6.10. The molecule has 0 aromatic heterocycles. The second-order valence-electron chi connectivity index (χ2n) is 5.01.